The van der Waals surface area contributed by atoms with Gasteiger partial charge in [-0.05, 0) is 12.1 Å². The predicted octanol–water partition coefficient (Wildman–Crippen LogP) is 3.57. The van der Waals surface area contributed by atoms with Crippen LogP contribution in [0.4, 0.5) is 4.39 Å². The van der Waals surface area contributed by atoms with E-state index in [0.717, 1.165) is 0 Å². The van der Waals surface area contributed by atoms with Crippen LogP contribution >= 0.6 is 0 Å². The average Bonchev–Trinajstić information content (AvgIpc) is 2.37. The molecule has 0 heterocycles. The van der Waals surface area contributed by atoms with Gasteiger partial charge in [0.15, 0.2) is 0 Å². The van der Waals surface area contributed by atoms with Gasteiger partial charge in [-0.1, -0.05) is 45.9 Å². The zero-order valence-electron chi connectivity index (χ0n) is 10.4. The summed E-state index contributed by atoms with van der Waals surface area (Å²) in [5.74, 6) is 0. The SMILES string of the molecule is CC.CC.CF.O=S(=O)(O)c1ccccc1. The van der Waals surface area contributed by atoms with E-state index in [1.54, 1.807) is 18.2 Å². The van der Waals surface area contributed by atoms with Crippen LogP contribution in [0.15, 0.2) is 35.2 Å². The number of rotatable bonds is 1. The Balaban J connectivity index is -0.000000245. The summed E-state index contributed by atoms with van der Waals surface area (Å²) in [6.07, 6.45) is 0. The van der Waals surface area contributed by atoms with Crippen molar-refractivity contribution in [3.63, 3.8) is 0 Å². The molecule has 0 unspecified atom stereocenters. The molecule has 0 aliphatic heterocycles. The van der Waals surface area contributed by atoms with Gasteiger partial charge in [-0.3, -0.25) is 8.94 Å². The monoisotopic (exact) mass is 252 g/mol. The molecule has 96 valence electrons. The Morgan fingerprint density at radius 2 is 1.25 bits per heavy atom. The van der Waals surface area contributed by atoms with Crippen molar-refractivity contribution < 1.29 is 17.4 Å². The molecular formula is C11H21FO3S. The van der Waals surface area contributed by atoms with E-state index in [1.165, 1.54) is 12.1 Å². The van der Waals surface area contributed by atoms with Gasteiger partial charge in [-0.15, -0.1) is 0 Å². The van der Waals surface area contributed by atoms with Gasteiger partial charge in [-0.2, -0.15) is 8.42 Å². The molecule has 0 bridgehead atoms. The molecule has 1 aromatic rings. The highest BCUT2D eigenvalue weighted by molar-refractivity contribution is 7.85. The molecule has 0 aliphatic carbocycles. The van der Waals surface area contributed by atoms with Crippen molar-refractivity contribution in [2.45, 2.75) is 32.6 Å². The van der Waals surface area contributed by atoms with Crippen molar-refractivity contribution in [2.24, 2.45) is 0 Å². The van der Waals surface area contributed by atoms with Gasteiger partial charge in [0.05, 0.1) is 12.1 Å². The molecule has 0 spiro atoms. The molecular weight excluding hydrogens is 231 g/mol. The summed E-state index contributed by atoms with van der Waals surface area (Å²) in [6, 6.07) is 7.42. The highest BCUT2D eigenvalue weighted by Crippen LogP contribution is 2.05. The molecule has 5 heteroatoms. The summed E-state index contributed by atoms with van der Waals surface area (Å²) < 4.78 is 38.7. The Labute approximate surface area is 98.1 Å². The van der Waals surface area contributed by atoms with E-state index in [4.69, 9.17) is 4.55 Å². The third kappa shape index (κ3) is 11.1. The van der Waals surface area contributed by atoms with Crippen molar-refractivity contribution in [2.75, 3.05) is 7.18 Å². The van der Waals surface area contributed by atoms with Gasteiger partial charge in [0.2, 0.25) is 0 Å². The van der Waals surface area contributed by atoms with Crippen LogP contribution in [0.1, 0.15) is 27.7 Å². The van der Waals surface area contributed by atoms with Crippen LogP contribution in [0.25, 0.3) is 0 Å². The minimum absolute atomic E-state index is 0.0741. The highest BCUT2D eigenvalue weighted by Gasteiger charge is 2.05. The molecule has 1 N–H and O–H groups in total. The van der Waals surface area contributed by atoms with Crippen molar-refractivity contribution in [1.82, 2.24) is 0 Å². The summed E-state index contributed by atoms with van der Waals surface area (Å²) in [5.41, 5.74) is 0. The maximum atomic E-state index is 10.4. The average molecular weight is 252 g/mol. The minimum atomic E-state index is -4.00. The predicted molar refractivity (Wildman–Crippen MR) is 66.0 cm³/mol. The van der Waals surface area contributed by atoms with E-state index >= 15 is 0 Å². The first-order chi connectivity index (χ1) is 7.61. The summed E-state index contributed by atoms with van der Waals surface area (Å²) in [5, 5.41) is 0. The van der Waals surface area contributed by atoms with E-state index in [2.05, 4.69) is 0 Å². The molecule has 16 heavy (non-hydrogen) atoms. The molecule has 0 fully saturated rings. The topological polar surface area (TPSA) is 54.4 Å². The number of hydrogen-bond donors (Lipinski definition) is 1. The first-order valence-corrected chi connectivity index (χ1v) is 6.45. The summed E-state index contributed by atoms with van der Waals surface area (Å²) in [4.78, 5) is -0.0741. The Hall–Kier alpha value is -0.940. The van der Waals surface area contributed by atoms with E-state index in [0.29, 0.717) is 7.18 Å². The second-order valence-corrected chi connectivity index (χ2v) is 3.21. The van der Waals surface area contributed by atoms with Crippen LogP contribution in [0.2, 0.25) is 0 Å². The van der Waals surface area contributed by atoms with Gasteiger partial charge in [0, 0.05) is 0 Å². The second-order valence-electron chi connectivity index (χ2n) is 1.79. The molecule has 1 aromatic carbocycles. The van der Waals surface area contributed by atoms with Crippen molar-refractivity contribution in [3.05, 3.63) is 30.3 Å². The summed E-state index contributed by atoms with van der Waals surface area (Å²) >= 11 is 0. The fraction of sp³-hybridized carbons (Fsp3) is 0.455. The van der Waals surface area contributed by atoms with E-state index in [9.17, 15) is 12.8 Å². The van der Waals surface area contributed by atoms with Crippen LogP contribution < -0.4 is 0 Å². The first-order valence-electron chi connectivity index (χ1n) is 5.01. The molecule has 0 saturated carbocycles. The van der Waals surface area contributed by atoms with E-state index < -0.39 is 10.1 Å². The number of alkyl halides is 1. The Bertz CT molecular complexity index is 309. The van der Waals surface area contributed by atoms with Crippen molar-refractivity contribution in [1.29, 1.82) is 0 Å². The van der Waals surface area contributed by atoms with Crippen LogP contribution in [-0.4, -0.2) is 20.1 Å². The van der Waals surface area contributed by atoms with Gasteiger partial charge >= 0.3 is 0 Å². The molecule has 1 rings (SSSR count). The first kappa shape index (κ1) is 20.5. The third-order valence-electron chi connectivity index (χ3n) is 1.04. The Morgan fingerprint density at radius 1 is 0.938 bits per heavy atom. The van der Waals surface area contributed by atoms with Gasteiger partial charge < -0.3 is 0 Å². The Kier molecular flexibility index (Phi) is 18.0. The quantitative estimate of drug-likeness (QED) is 0.777. The fourth-order valence-corrected chi connectivity index (χ4v) is 1.09. The van der Waals surface area contributed by atoms with Gasteiger partial charge in [0.25, 0.3) is 10.1 Å². The van der Waals surface area contributed by atoms with Crippen LogP contribution in [-0.2, 0) is 10.1 Å². The minimum Gasteiger partial charge on any atom is -0.282 e. The molecule has 0 radical (unpaired) electrons. The van der Waals surface area contributed by atoms with Gasteiger partial charge in [0.1, 0.15) is 0 Å². The summed E-state index contributed by atoms with van der Waals surface area (Å²) in [6.45, 7) is 8.00. The Morgan fingerprint density at radius 3 is 1.44 bits per heavy atom. The highest BCUT2D eigenvalue weighted by atomic mass is 32.2. The third-order valence-corrected chi connectivity index (χ3v) is 1.91. The zero-order valence-corrected chi connectivity index (χ0v) is 11.3. The number of benzene rings is 1. The van der Waals surface area contributed by atoms with Crippen LogP contribution in [0, 0.1) is 0 Å². The molecule has 0 amide bonds. The van der Waals surface area contributed by atoms with Crippen molar-refractivity contribution >= 4 is 10.1 Å². The largest absolute Gasteiger partial charge is 0.294 e. The van der Waals surface area contributed by atoms with Crippen LogP contribution in [0.3, 0.4) is 0 Å². The lowest BCUT2D eigenvalue weighted by molar-refractivity contribution is 0.483. The lowest BCUT2D eigenvalue weighted by Gasteiger charge is -1.92. The van der Waals surface area contributed by atoms with Gasteiger partial charge in [-0.25, -0.2) is 0 Å². The molecule has 3 nitrogen and oxygen atoms in total. The number of halogens is 1. The summed E-state index contributed by atoms with van der Waals surface area (Å²) in [7, 11) is -3.50. The molecule has 0 atom stereocenters. The smallest absolute Gasteiger partial charge is 0.282 e. The number of hydrogen-bond acceptors (Lipinski definition) is 2. The maximum Gasteiger partial charge on any atom is 0.294 e. The lowest BCUT2D eigenvalue weighted by atomic mass is 10.4. The zero-order chi connectivity index (χ0) is 13.6. The van der Waals surface area contributed by atoms with E-state index in [-0.39, 0.29) is 4.90 Å². The lowest BCUT2D eigenvalue weighted by Crippen LogP contribution is -1.96. The standard InChI is InChI=1S/C6H6O3S.2C2H6.CH3F/c7-10(8,9)6-4-2-1-3-5-6;3*1-2/h1-5H,(H,7,8,9);2*1-2H3;1H3. The maximum absolute atomic E-state index is 10.4. The molecule has 0 aromatic heterocycles. The van der Waals surface area contributed by atoms with Crippen molar-refractivity contribution in [3.8, 4) is 0 Å². The second kappa shape index (κ2) is 14.1. The normalized spacial score (nSPS) is 8.19. The fourth-order valence-electron chi connectivity index (χ4n) is 0.592. The molecule has 0 aliphatic rings. The van der Waals surface area contributed by atoms with Crippen LogP contribution in [0.5, 0.6) is 0 Å². The van der Waals surface area contributed by atoms with E-state index in [1.807, 2.05) is 27.7 Å². The molecule has 0 saturated heterocycles.